The molecule has 1 unspecified atom stereocenters. The Balaban J connectivity index is -0.000000346. The Kier molecular flexibility index (Phi) is 43.4. The van der Waals surface area contributed by atoms with Crippen molar-refractivity contribution in [3.05, 3.63) is 65.2 Å². The standard InChI is InChI=1S/C13H18N2O3.C10H14.C8H16N2O3.C8H17NO3.C5H10O2.C2H6/c1-10-4-6-12(7-5-10)15(3)13(17)14-8-9-18-11(2)16;1-3-4-10-7-5-9(2)6-8-10;1-4-10(3)8(12)9-5-6-13-7(2)11;1-4-9(3)5-8(11)6-12-7(2)10;1-3-4-7-5(2)6;1-2/h4-7H,8-9H2,1-3H3,(H,14,17);5-8H,3-4H2,1-2H3;4-6H2,1-3H3,(H,9,12);8,11H,4-6H2,1-3H3;3-4H2,1-2H3;1-2H3. The number of carbonyl (C=O) groups is 6. The van der Waals surface area contributed by atoms with Crippen LogP contribution in [0.15, 0.2) is 48.5 Å². The molecule has 16 nitrogen and oxygen atoms in total. The molecule has 0 fully saturated rings. The van der Waals surface area contributed by atoms with Crippen LogP contribution in [0.1, 0.15) is 98.8 Å². The summed E-state index contributed by atoms with van der Waals surface area (Å²) in [5.41, 5.74) is 4.75. The second-order valence-corrected chi connectivity index (χ2v) is 13.4. The molecule has 2 aromatic rings. The van der Waals surface area contributed by atoms with Gasteiger partial charge < -0.3 is 44.5 Å². The number of likely N-dealkylation sites (N-methyl/N-ethyl adjacent to an activating group) is 1. The van der Waals surface area contributed by atoms with Crippen LogP contribution in [0.5, 0.6) is 0 Å². The van der Waals surface area contributed by atoms with Gasteiger partial charge in [0.25, 0.3) is 0 Å². The first-order valence-corrected chi connectivity index (χ1v) is 21.3. The van der Waals surface area contributed by atoms with Crippen LogP contribution in [-0.4, -0.2) is 137 Å². The highest BCUT2D eigenvalue weighted by Gasteiger charge is 2.10. The topological polar surface area (TPSA) is 193 Å². The van der Waals surface area contributed by atoms with E-state index in [1.54, 1.807) is 14.1 Å². The van der Waals surface area contributed by atoms with Gasteiger partial charge in [-0.05, 0) is 64.9 Å². The summed E-state index contributed by atoms with van der Waals surface area (Å²) >= 11 is 0. The minimum atomic E-state index is -0.584. The lowest BCUT2D eigenvalue weighted by atomic mass is 10.1. The summed E-state index contributed by atoms with van der Waals surface area (Å²) in [5, 5.41) is 14.5. The molecule has 0 saturated carbocycles. The highest BCUT2D eigenvalue weighted by Crippen LogP contribution is 2.13. The number of nitrogens with zero attached hydrogens (tertiary/aromatic N) is 3. The third-order valence-corrected chi connectivity index (χ3v) is 7.62. The van der Waals surface area contributed by atoms with E-state index >= 15 is 0 Å². The third-order valence-electron chi connectivity index (χ3n) is 7.62. The van der Waals surface area contributed by atoms with E-state index in [1.807, 2.05) is 77.8 Å². The summed E-state index contributed by atoms with van der Waals surface area (Å²) in [5.74, 6) is -1.23. The van der Waals surface area contributed by atoms with Gasteiger partial charge in [0.1, 0.15) is 25.9 Å². The molecule has 2 rings (SSSR count). The average molecular weight is 880 g/mol. The maximum atomic E-state index is 11.7. The largest absolute Gasteiger partial charge is 0.466 e. The fourth-order valence-electron chi connectivity index (χ4n) is 4.03. The van der Waals surface area contributed by atoms with E-state index in [1.165, 1.54) is 61.5 Å². The number of urea groups is 2. The van der Waals surface area contributed by atoms with Gasteiger partial charge in [0.15, 0.2) is 0 Å². The lowest BCUT2D eigenvalue weighted by molar-refractivity contribution is -0.144. The van der Waals surface area contributed by atoms with Gasteiger partial charge in [0, 0.05) is 60.6 Å². The number of benzene rings is 2. The number of esters is 4. The van der Waals surface area contributed by atoms with Crippen molar-refractivity contribution < 1.29 is 52.8 Å². The van der Waals surface area contributed by atoms with Gasteiger partial charge in [0.05, 0.1) is 19.7 Å². The molecule has 16 heteroatoms. The average Bonchev–Trinajstić information content (AvgIpc) is 3.24. The molecular formula is C46H81N5O11. The van der Waals surface area contributed by atoms with E-state index in [0.717, 1.165) is 24.2 Å². The molecule has 0 saturated heterocycles. The molecular weight excluding hydrogens is 799 g/mol. The minimum absolute atomic E-state index is 0.0830. The number of aliphatic hydroxyl groups is 1. The molecule has 2 aromatic carbocycles. The van der Waals surface area contributed by atoms with E-state index < -0.39 is 6.10 Å². The van der Waals surface area contributed by atoms with Crippen molar-refractivity contribution >= 4 is 41.6 Å². The van der Waals surface area contributed by atoms with Gasteiger partial charge in [-0.15, -0.1) is 0 Å². The molecule has 0 aliphatic heterocycles. The minimum Gasteiger partial charge on any atom is -0.466 e. The normalized spacial score (nSPS) is 9.89. The Morgan fingerprint density at radius 3 is 1.39 bits per heavy atom. The number of aliphatic hydroxyl groups excluding tert-OH is 1. The van der Waals surface area contributed by atoms with Crippen LogP contribution in [-0.2, 0) is 44.5 Å². The second-order valence-electron chi connectivity index (χ2n) is 13.4. The van der Waals surface area contributed by atoms with Crippen molar-refractivity contribution in [2.45, 2.75) is 108 Å². The van der Waals surface area contributed by atoms with E-state index in [2.05, 4.69) is 63.0 Å². The number of nitrogens with one attached hydrogen (secondary N) is 2. The van der Waals surface area contributed by atoms with Gasteiger partial charge in [-0.3, -0.25) is 24.1 Å². The number of amides is 4. The highest BCUT2D eigenvalue weighted by molar-refractivity contribution is 5.91. The molecule has 0 aliphatic rings. The summed E-state index contributed by atoms with van der Waals surface area (Å²) in [6, 6.07) is 16.0. The maximum absolute atomic E-state index is 11.7. The zero-order valence-corrected chi connectivity index (χ0v) is 40.6. The van der Waals surface area contributed by atoms with Crippen molar-refractivity contribution in [1.29, 1.82) is 0 Å². The van der Waals surface area contributed by atoms with Crippen molar-refractivity contribution in [2.75, 3.05) is 85.2 Å². The molecule has 3 N–H and O–H groups in total. The van der Waals surface area contributed by atoms with Crippen LogP contribution in [0.4, 0.5) is 15.3 Å². The fourth-order valence-corrected chi connectivity index (χ4v) is 4.03. The fraction of sp³-hybridized carbons (Fsp3) is 0.609. The molecule has 62 heavy (non-hydrogen) atoms. The predicted octanol–water partition coefficient (Wildman–Crippen LogP) is 6.71. The molecule has 356 valence electrons. The number of aryl methyl sites for hydroxylation is 3. The first-order chi connectivity index (χ1) is 29.2. The van der Waals surface area contributed by atoms with Crippen LogP contribution >= 0.6 is 0 Å². The van der Waals surface area contributed by atoms with Gasteiger partial charge in [-0.2, -0.15) is 0 Å². The van der Waals surface area contributed by atoms with Crippen LogP contribution in [0.2, 0.25) is 0 Å². The SMILES string of the molecule is CC.CC(=O)OCCNC(=O)N(C)c1ccc(C)cc1.CCCOC(C)=O.CCCc1ccc(C)cc1.CCN(C)C(=O)NCCOC(C)=O.CCN(C)CC(O)COC(C)=O. The lowest BCUT2D eigenvalue weighted by Gasteiger charge is -2.18. The Bertz CT molecular complexity index is 1460. The number of anilines is 1. The Labute approximate surface area is 373 Å². The van der Waals surface area contributed by atoms with E-state index in [4.69, 9.17) is 4.74 Å². The highest BCUT2D eigenvalue weighted by atomic mass is 16.5. The van der Waals surface area contributed by atoms with Crippen molar-refractivity contribution in [3.63, 3.8) is 0 Å². The zero-order valence-electron chi connectivity index (χ0n) is 40.6. The van der Waals surface area contributed by atoms with Crippen molar-refractivity contribution in [1.82, 2.24) is 20.4 Å². The maximum Gasteiger partial charge on any atom is 0.321 e. The molecule has 1 atom stereocenters. The van der Waals surface area contributed by atoms with E-state index in [9.17, 15) is 33.9 Å². The first-order valence-electron chi connectivity index (χ1n) is 21.3. The summed E-state index contributed by atoms with van der Waals surface area (Å²) < 4.78 is 18.5. The third kappa shape index (κ3) is 42.9. The number of carbonyl (C=O) groups excluding carboxylic acids is 6. The Hall–Kier alpha value is -5.22. The van der Waals surface area contributed by atoms with Gasteiger partial charge >= 0.3 is 35.9 Å². The van der Waals surface area contributed by atoms with Gasteiger partial charge in [0.2, 0.25) is 0 Å². The zero-order chi connectivity index (χ0) is 48.5. The number of rotatable bonds is 17. The number of hydrogen-bond donors (Lipinski definition) is 3. The lowest BCUT2D eigenvalue weighted by Crippen LogP contribution is -2.39. The molecule has 0 radical (unpaired) electrons. The van der Waals surface area contributed by atoms with E-state index in [0.29, 0.717) is 32.8 Å². The molecule has 0 aromatic heterocycles. The Morgan fingerprint density at radius 2 is 1.02 bits per heavy atom. The van der Waals surface area contributed by atoms with Gasteiger partial charge in [-0.1, -0.05) is 88.6 Å². The summed E-state index contributed by atoms with van der Waals surface area (Å²) in [7, 11) is 5.28. The monoisotopic (exact) mass is 880 g/mol. The van der Waals surface area contributed by atoms with Crippen molar-refractivity contribution in [3.8, 4) is 0 Å². The van der Waals surface area contributed by atoms with Crippen LogP contribution in [0, 0.1) is 13.8 Å². The summed E-state index contributed by atoms with van der Waals surface area (Å²) in [6.45, 7) is 25.3. The van der Waals surface area contributed by atoms with E-state index in [-0.39, 0.29) is 55.8 Å². The Morgan fingerprint density at radius 1 is 0.597 bits per heavy atom. The van der Waals surface area contributed by atoms with Crippen LogP contribution in [0.3, 0.4) is 0 Å². The molecule has 0 spiro atoms. The molecule has 0 bridgehead atoms. The summed E-state index contributed by atoms with van der Waals surface area (Å²) in [6.07, 6.45) is 2.77. The second kappa shape index (κ2) is 42.5. The molecule has 0 aliphatic carbocycles. The molecule has 0 heterocycles. The van der Waals surface area contributed by atoms with Crippen molar-refractivity contribution in [2.24, 2.45) is 0 Å². The smallest absolute Gasteiger partial charge is 0.321 e. The quantitative estimate of drug-likeness (QED) is 0.0866. The van der Waals surface area contributed by atoms with Gasteiger partial charge in [-0.25, -0.2) is 9.59 Å². The summed E-state index contributed by atoms with van der Waals surface area (Å²) in [4.78, 5) is 69.0. The number of ether oxygens (including phenoxy) is 4. The number of hydrogen-bond acceptors (Lipinski definition) is 12. The van der Waals surface area contributed by atoms with Crippen LogP contribution < -0.4 is 15.5 Å². The first kappa shape index (κ1) is 63.4. The van der Waals surface area contributed by atoms with Crippen LogP contribution in [0.25, 0.3) is 0 Å². The predicted molar refractivity (Wildman–Crippen MR) is 247 cm³/mol. The molecule has 4 amide bonds.